The summed E-state index contributed by atoms with van der Waals surface area (Å²) in [5, 5.41) is 9.73. The molecule has 0 bridgehead atoms. The molecule has 0 aliphatic rings. The Kier molecular flexibility index (Phi) is 4.05. The molecular formula is C11H16FNO2. The van der Waals surface area contributed by atoms with E-state index in [2.05, 4.69) is 0 Å². The van der Waals surface area contributed by atoms with E-state index in [0.29, 0.717) is 12.1 Å². The highest BCUT2D eigenvalue weighted by Crippen LogP contribution is 2.21. The van der Waals surface area contributed by atoms with Gasteiger partial charge in [-0.25, -0.2) is 4.39 Å². The van der Waals surface area contributed by atoms with E-state index in [1.807, 2.05) is 19.0 Å². The molecule has 1 N–H and O–H groups in total. The molecule has 1 rings (SSSR count). The average molecular weight is 213 g/mol. The molecule has 3 nitrogen and oxygen atoms in total. The molecule has 0 aliphatic carbocycles. The molecule has 0 spiro atoms. The average Bonchev–Trinajstić information content (AvgIpc) is 2.16. The standard InChI is InChI=1S/C11H16FNO2/c1-13(2)7-10(14)8-4-5-11(15-3)9(12)6-8/h4-6,10,14H,7H2,1-3H3. The second kappa shape index (κ2) is 5.09. The maximum absolute atomic E-state index is 13.3. The minimum absolute atomic E-state index is 0.191. The maximum atomic E-state index is 13.3. The molecule has 1 aromatic carbocycles. The summed E-state index contributed by atoms with van der Waals surface area (Å²) in [6, 6.07) is 4.48. The predicted molar refractivity (Wildman–Crippen MR) is 56.5 cm³/mol. The normalized spacial score (nSPS) is 12.9. The Labute approximate surface area is 89.1 Å². The summed E-state index contributed by atoms with van der Waals surface area (Å²) in [6.45, 7) is 0.464. The summed E-state index contributed by atoms with van der Waals surface area (Å²) in [4.78, 5) is 1.84. The number of aliphatic hydroxyl groups is 1. The van der Waals surface area contributed by atoms with Crippen LogP contribution in [0.1, 0.15) is 11.7 Å². The third kappa shape index (κ3) is 3.18. The quantitative estimate of drug-likeness (QED) is 0.821. The van der Waals surface area contributed by atoms with E-state index in [9.17, 15) is 9.50 Å². The van der Waals surface area contributed by atoms with Gasteiger partial charge in [0, 0.05) is 6.54 Å². The number of rotatable bonds is 4. The number of methoxy groups -OCH3 is 1. The zero-order valence-corrected chi connectivity index (χ0v) is 9.20. The SMILES string of the molecule is COc1ccc(C(O)CN(C)C)cc1F. The Morgan fingerprint density at radius 1 is 1.47 bits per heavy atom. The van der Waals surface area contributed by atoms with E-state index in [1.54, 1.807) is 6.07 Å². The zero-order chi connectivity index (χ0) is 11.4. The number of hydrogen-bond donors (Lipinski definition) is 1. The summed E-state index contributed by atoms with van der Waals surface area (Å²) >= 11 is 0. The molecule has 84 valence electrons. The molecule has 0 amide bonds. The molecule has 0 saturated carbocycles. The van der Waals surface area contributed by atoms with E-state index in [4.69, 9.17) is 4.74 Å². The first-order valence-electron chi connectivity index (χ1n) is 4.71. The van der Waals surface area contributed by atoms with Gasteiger partial charge in [0.15, 0.2) is 11.6 Å². The van der Waals surface area contributed by atoms with Gasteiger partial charge < -0.3 is 14.7 Å². The Morgan fingerprint density at radius 3 is 2.60 bits per heavy atom. The van der Waals surface area contributed by atoms with E-state index >= 15 is 0 Å². The molecule has 4 heteroatoms. The van der Waals surface area contributed by atoms with Gasteiger partial charge in [-0.15, -0.1) is 0 Å². The Balaban J connectivity index is 2.82. The first-order chi connectivity index (χ1) is 7.04. The van der Waals surface area contributed by atoms with E-state index in [1.165, 1.54) is 19.2 Å². The van der Waals surface area contributed by atoms with Crippen LogP contribution in [-0.2, 0) is 0 Å². The number of aliphatic hydroxyl groups excluding tert-OH is 1. The van der Waals surface area contributed by atoms with Crippen LogP contribution in [-0.4, -0.2) is 37.8 Å². The van der Waals surface area contributed by atoms with Crippen LogP contribution in [0.3, 0.4) is 0 Å². The van der Waals surface area contributed by atoms with Crippen LogP contribution in [0.15, 0.2) is 18.2 Å². The van der Waals surface area contributed by atoms with Crippen molar-refractivity contribution in [2.75, 3.05) is 27.7 Å². The Bertz CT molecular complexity index is 328. The molecule has 0 aromatic heterocycles. The van der Waals surface area contributed by atoms with Gasteiger partial charge in [0.1, 0.15) is 0 Å². The molecule has 1 aromatic rings. The van der Waals surface area contributed by atoms with Crippen molar-refractivity contribution in [3.63, 3.8) is 0 Å². The lowest BCUT2D eigenvalue weighted by atomic mass is 10.1. The van der Waals surface area contributed by atoms with E-state index in [0.717, 1.165) is 0 Å². The van der Waals surface area contributed by atoms with Gasteiger partial charge in [0.25, 0.3) is 0 Å². The Hall–Kier alpha value is -1.13. The smallest absolute Gasteiger partial charge is 0.165 e. The van der Waals surface area contributed by atoms with Gasteiger partial charge in [-0.1, -0.05) is 6.07 Å². The van der Waals surface area contributed by atoms with Gasteiger partial charge in [-0.2, -0.15) is 0 Å². The molecule has 1 unspecified atom stereocenters. The van der Waals surface area contributed by atoms with Crippen LogP contribution < -0.4 is 4.74 Å². The largest absolute Gasteiger partial charge is 0.494 e. The minimum atomic E-state index is -0.680. The predicted octanol–water partition coefficient (Wildman–Crippen LogP) is 1.43. The number of halogens is 1. The van der Waals surface area contributed by atoms with Crippen molar-refractivity contribution < 1.29 is 14.2 Å². The molecule has 1 atom stereocenters. The second-order valence-corrected chi connectivity index (χ2v) is 3.67. The van der Waals surface area contributed by atoms with Crippen molar-refractivity contribution in [3.05, 3.63) is 29.6 Å². The first kappa shape index (κ1) is 11.9. The number of hydrogen-bond acceptors (Lipinski definition) is 3. The van der Waals surface area contributed by atoms with Crippen LogP contribution in [0.2, 0.25) is 0 Å². The van der Waals surface area contributed by atoms with Crippen LogP contribution in [0, 0.1) is 5.82 Å². The van der Waals surface area contributed by atoms with E-state index in [-0.39, 0.29) is 5.75 Å². The molecular weight excluding hydrogens is 197 g/mol. The summed E-state index contributed by atoms with van der Waals surface area (Å²) in [6.07, 6.45) is -0.680. The fraction of sp³-hybridized carbons (Fsp3) is 0.455. The van der Waals surface area contributed by atoms with E-state index < -0.39 is 11.9 Å². The molecule has 15 heavy (non-hydrogen) atoms. The molecule has 0 fully saturated rings. The zero-order valence-electron chi connectivity index (χ0n) is 9.20. The molecule has 0 radical (unpaired) electrons. The highest BCUT2D eigenvalue weighted by Gasteiger charge is 2.11. The summed E-state index contributed by atoms with van der Waals surface area (Å²) in [5.74, 6) is -0.261. The van der Waals surface area contributed by atoms with Crippen molar-refractivity contribution in [2.24, 2.45) is 0 Å². The summed E-state index contributed by atoms with van der Waals surface area (Å²) in [5.41, 5.74) is 0.557. The fourth-order valence-electron chi connectivity index (χ4n) is 1.34. The van der Waals surface area contributed by atoms with Crippen molar-refractivity contribution in [1.29, 1.82) is 0 Å². The van der Waals surface area contributed by atoms with Gasteiger partial charge in [-0.05, 0) is 31.8 Å². The Morgan fingerprint density at radius 2 is 2.13 bits per heavy atom. The van der Waals surface area contributed by atoms with Gasteiger partial charge in [0.2, 0.25) is 0 Å². The number of benzene rings is 1. The highest BCUT2D eigenvalue weighted by atomic mass is 19.1. The fourth-order valence-corrected chi connectivity index (χ4v) is 1.34. The van der Waals surface area contributed by atoms with Gasteiger partial charge >= 0.3 is 0 Å². The number of nitrogens with zero attached hydrogens (tertiary/aromatic N) is 1. The number of likely N-dealkylation sites (N-methyl/N-ethyl adjacent to an activating group) is 1. The van der Waals surface area contributed by atoms with Crippen molar-refractivity contribution in [2.45, 2.75) is 6.10 Å². The third-order valence-electron chi connectivity index (χ3n) is 2.10. The lowest BCUT2D eigenvalue weighted by molar-refractivity contribution is 0.138. The monoisotopic (exact) mass is 213 g/mol. The van der Waals surface area contributed by atoms with Crippen LogP contribution in [0.4, 0.5) is 4.39 Å². The minimum Gasteiger partial charge on any atom is -0.494 e. The van der Waals surface area contributed by atoms with Gasteiger partial charge in [0.05, 0.1) is 13.2 Å². The van der Waals surface area contributed by atoms with Crippen molar-refractivity contribution in [1.82, 2.24) is 4.90 Å². The number of ether oxygens (including phenoxy) is 1. The first-order valence-corrected chi connectivity index (χ1v) is 4.71. The third-order valence-corrected chi connectivity index (χ3v) is 2.10. The van der Waals surface area contributed by atoms with Crippen molar-refractivity contribution in [3.8, 4) is 5.75 Å². The lowest BCUT2D eigenvalue weighted by Gasteiger charge is -2.16. The second-order valence-electron chi connectivity index (χ2n) is 3.67. The lowest BCUT2D eigenvalue weighted by Crippen LogP contribution is -2.20. The summed E-state index contributed by atoms with van der Waals surface area (Å²) in [7, 11) is 5.11. The van der Waals surface area contributed by atoms with Crippen LogP contribution in [0.25, 0.3) is 0 Å². The maximum Gasteiger partial charge on any atom is 0.165 e. The highest BCUT2D eigenvalue weighted by molar-refractivity contribution is 5.30. The molecule has 0 heterocycles. The summed E-state index contributed by atoms with van der Waals surface area (Å²) < 4.78 is 18.1. The van der Waals surface area contributed by atoms with Gasteiger partial charge in [-0.3, -0.25) is 0 Å². The van der Waals surface area contributed by atoms with Crippen molar-refractivity contribution >= 4 is 0 Å². The topological polar surface area (TPSA) is 32.7 Å². The van der Waals surface area contributed by atoms with Crippen LogP contribution in [0.5, 0.6) is 5.75 Å². The molecule has 0 aliphatic heterocycles. The molecule has 0 saturated heterocycles. The van der Waals surface area contributed by atoms with Crippen LogP contribution >= 0.6 is 0 Å².